The van der Waals surface area contributed by atoms with Crippen molar-refractivity contribution in [3.63, 3.8) is 0 Å². The zero-order chi connectivity index (χ0) is 10.1. The van der Waals surface area contributed by atoms with Crippen LogP contribution in [0.1, 0.15) is 11.1 Å². The SMILES string of the molecule is Cc1ccc2c(c1)N(CCO)C(=O)C2. The third kappa shape index (κ3) is 1.40. The highest BCUT2D eigenvalue weighted by atomic mass is 16.3. The standard InChI is InChI=1S/C11H13NO2/c1-8-2-3-9-7-11(14)12(4-5-13)10(9)6-8/h2-3,6,13H,4-5,7H2,1H3. The van der Waals surface area contributed by atoms with Gasteiger partial charge in [-0.05, 0) is 24.1 Å². The molecule has 0 unspecified atom stereocenters. The van der Waals surface area contributed by atoms with Gasteiger partial charge in [0.25, 0.3) is 0 Å². The molecule has 0 fully saturated rings. The highest BCUT2D eigenvalue weighted by molar-refractivity contribution is 6.01. The molecule has 1 aliphatic rings. The quantitative estimate of drug-likeness (QED) is 0.753. The Labute approximate surface area is 83.0 Å². The number of amides is 1. The molecule has 1 aromatic rings. The Kier molecular flexibility index (Phi) is 2.25. The number of hydrogen-bond acceptors (Lipinski definition) is 2. The number of aryl methyl sites for hydroxylation is 1. The van der Waals surface area contributed by atoms with Crippen LogP contribution in [0.5, 0.6) is 0 Å². The summed E-state index contributed by atoms with van der Waals surface area (Å²) in [4.78, 5) is 13.2. The smallest absolute Gasteiger partial charge is 0.231 e. The van der Waals surface area contributed by atoms with Crippen molar-refractivity contribution in [2.24, 2.45) is 0 Å². The second kappa shape index (κ2) is 3.42. The first-order valence-corrected chi connectivity index (χ1v) is 4.73. The molecule has 1 aromatic carbocycles. The van der Waals surface area contributed by atoms with Crippen molar-refractivity contribution >= 4 is 11.6 Å². The van der Waals surface area contributed by atoms with E-state index in [0.29, 0.717) is 13.0 Å². The zero-order valence-electron chi connectivity index (χ0n) is 8.16. The lowest BCUT2D eigenvalue weighted by Gasteiger charge is -2.15. The number of rotatable bonds is 2. The Hall–Kier alpha value is -1.35. The van der Waals surface area contributed by atoms with Gasteiger partial charge in [0.2, 0.25) is 5.91 Å². The fourth-order valence-electron chi connectivity index (χ4n) is 1.81. The molecule has 14 heavy (non-hydrogen) atoms. The Morgan fingerprint density at radius 1 is 1.50 bits per heavy atom. The summed E-state index contributed by atoms with van der Waals surface area (Å²) in [6, 6.07) is 5.99. The molecule has 3 nitrogen and oxygen atoms in total. The Bertz CT molecular complexity index is 374. The van der Waals surface area contributed by atoms with Gasteiger partial charge in [-0.2, -0.15) is 0 Å². The van der Waals surface area contributed by atoms with Crippen molar-refractivity contribution in [2.45, 2.75) is 13.3 Å². The molecule has 2 rings (SSSR count). The molecule has 1 N–H and O–H groups in total. The van der Waals surface area contributed by atoms with E-state index in [0.717, 1.165) is 16.8 Å². The molecule has 0 saturated heterocycles. The molecule has 0 spiro atoms. The molecule has 3 heteroatoms. The minimum atomic E-state index is 0.0130. The number of anilines is 1. The van der Waals surface area contributed by atoms with Gasteiger partial charge in [-0.1, -0.05) is 12.1 Å². The lowest BCUT2D eigenvalue weighted by Crippen LogP contribution is -2.29. The molecule has 74 valence electrons. The van der Waals surface area contributed by atoms with Crippen LogP contribution < -0.4 is 4.90 Å². The van der Waals surface area contributed by atoms with Gasteiger partial charge in [0.1, 0.15) is 0 Å². The van der Waals surface area contributed by atoms with Crippen LogP contribution in [-0.4, -0.2) is 24.2 Å². The fourth-order valence-corrected chi connectivity index (χ4v) is 1.81. The topological polar surface area (TPSA) is 40.5 Å². The van der Waals surface area contributed by atoms with Gasteiger partial charge in [-0.3, -0.25) is 4.79 Å². The minimum Gasteiger partial charge on any atom is -0.395 e. The van der Waals surface area contributed by atoms with Crippen molar-refractivity contribution in [2.75, 3.05) is 18.1 Å². The number of aliphatic hydroxyl groups excluding tert-OH is 1. The van der Waals surface area contributed by atoms with Crippen molar-refractivity contribution in [1.29, 1.82) is 0 Å². The molecule has 1 amide bonds. The van der Waals surface area contributed by atoms with Crippen LogP contribution in [0, 0.1) is 6.92 Å². The number of hydrogen-bond donors (Lipinski definition) is 1. The number of fused-ring (bicyclic) bond motifs is 1. The van der Waals surface area contributed by atoms with Crippen LogP contribution in [0.15, 0.2) is 18.2 Å². The molecular formula is C11H13NO2. The Morgan fingerprint density at radius 3 is 3.00 bits per heavy atom. The van der Waals surface area contributed by atoms with Gasteiger partial charge >= 0.3 is 0 Å². The first kappa shape index (κ1) is 9.21. The monoisotopic (exact) mass is 191 g/mol. The van der Waals surface area contributed by atoms with E-state index in [1.807, 2.05) is 25.1 Å². The molecule has 0 aromatic heterocycles. The van der Waals surface area contributed by atoms with E-state index in [1.54, 1.807) is 4.90 Å². The van der Waals surface area contributed by atoms with E-state index in [2.05, 4.69) is 0 Å². The van der Waals surface area contributed by atoms with Crippen LogP contribution in [0.25, 0.3) is 0 Å². The number of carbonyl (C=O) groups is 1. The predicted octanol–water partition coefficient (Wildman–Crippen LogP) is 0.876. The fraction of sp³-hybridized carbons (Fsp3) is 0.364. The van der Waals surface area contributed by atoms with Crippen molar-refractivity contribution in [3.05, 3.63) is 29.3 Å². The third-order valence-electron chi connectivity index (χ3n) is 2.50. The summed E-state index contributed by atoms with van der Waals surface area (Å²) in [6.45, 7) is 2.41. The second-order valence-electron chi connectivity index (χ2n) is 3.58. The van der Waals surface area contributed by atoms with Gasteiger partial charge in [-0.25, -0.2) is 0 Å². The van der Waals surface area contributed by atoms with E-state index in [4.69, 9.17) is 5.11 Å². The summed E-state index contributed by atoms with van der Waals surface area (Å²) >= 11 is 0. The maximum atomic E-state index is 11.5. The van der Waals surface area contributed by atoms with Crippen molar-refractivity contribution in [3.8, 4) is 0 Å². The van der Waals surface area contributed by atoms with Crippen LogP contribution >= 0.6 is 0 Å². The summed E-state index contributed by atoms with van der Waals surface area (Å²) in [5, 5.41) is 8.85. The van der Waals surface area contributed by atoms with E-state index in [9.17, 15) is 4.79 Å². The number of nitrogens with zero attached hydrogens (tertiary/aromatic N) is 1. The first-order valence-electron chi connectivity index (χ1n) is 4.73. The second-order valence-corrected chi connectivity index (χ2v) is 3.58. The van der Waals surface area contributed by atoms with Crippen molar-refractivity contribution < 1.29 is 9.90 Å². The first-order chi connectivity index (χ1) is 6.72. The number of aliphatic hydroxyl groups is 1. The lowest BCUT2D eigenvalue weighted by molar-refractivity contribution is -0.117. The summed E-state index contributed by atoms with van der Waals surface area (Å²) in [7, 11) is 0. The highest BCUT2D eigenvalue weighted by Gasteiger charge is 2.26. The van der Waals surface area contributed by atoms with E-state index in [-0.39, 0.29) is 12.5 Å². The molecule has 0 radical (unpaired) electrons. The third-order valence-corrected chi connectivity index (χ3v) is 2.50. The number of β-amino-alcohol motifs (C(OH)–C–C–N with tert-alkyl or cyclic N) is 1. The molecule has 1 aliphatic heterocycles. The number of benzene rings is 1. The van der Waals surface area contributed by atoms with E-state index < -0.39 is 0 Å². The van der Waals surface area contributed by atoms with E-state index in [1.165, 1.54) is 0 Å². The van der Waals surface area contributed by atoms with Crippen LogP contribution in [0.3, 0.4) is 0 Å². The lowest BCUT2D eigenvalue weighted by atomic mass is 10.1. The minimum absolute atomic E-state index is 0.0130. The summed E-state index contributed by atoms with van der Waals surface area (Å²) in [5.74, 6) is 0.0830. The normalized spacial score (nSPS) is 14.7. The van der Waals surface area contributed by atoms with Gasteiger partial charge < -0.3 is 10.0 Å². The summed E-state index contributed by atoms with van der Waals surface area (Å²) in [6.07, 6.45) is 0.468. The molecule has 0 atom stereocenters. The maximum absolute atomic E-state index is 11.5. The largest absolute Gasteiger partial charge is 0.395 e. The Morgan fingerprint density at radius 2 is 2.29 bits per heavy atom. The number of carbonyl (C=O) groups excluding carboxylic acids is 1. The Balaban J connectivity index is 2.39. The van der Waals surface area contributed by atoms with Crippen LogP contribution in [0.2, 0.25) is 0 Å². The van der Waals surface area contributed by atoms with Gasteiger partial charge in [0, 0.05) is 12.2 Å². The maximum Gasteiger partial charge on any atom is 0.231 e. The van der Waals surface area contributed by atoms with Crippen LogP contribution in [-0.2, 0) is 11.2 Å². The summed E-state index contributed by atoms with van der Waals surface area (Å²) < 4.78 is 0. The molecule has 1 heterocycles. The highest BCUT2D eigenvalue weighted by Crippen LogP contribution is 2.29. The van der Waals surface area contributed by atoms with Gasteiger partial charge in [0.15, 0.2) is 0 Å². The molecule has 0 saturated carbocycles. The van der Waals surface area contributed by atoms with Crippen LogP contribution in [0.4, 0.5) is 5.69 Å². The van der Waals surface area contributed by atoms with Crippen molar-refractivity contribution in [1.82, 2.24) is 0 Å². The molecular weight excluding hydrogens is 178 g/mol. The molecule has 0 aliphatic carbocycles. The zero-order valence-corrected chi connectivity index (χ0v) is 8.16. The summed E-state index contributed by atoms with van der Waals surface area (Å²) in [5.41, 5.74) is 3.17. The van der Waals surface area contributed by atoms with E-state index >= 15 is 0 Å². The molecule has 0 bridgehead atoms. The average Bonchev–Trinajstić information content (AvgIpc) is 2.45. The average molecular weight is 191 g/mol. The van der Waals surface area contributed by atoms with Gasteiger partial charge in [0.05, 0.1) is 13.0 Å². The predicted molar refractivity (Wildman–Crippen MR) is 54.3 cm³/mol. The van der Waals surface area contributed by atoms with Gasteiger partial charge in [-0.15, -0.1) is 0 Å².